The van der Waals surface area contributed by atoms with Crippen LogP contribution in [0.15, 0.2) is 67.0 Å². The van der Waals surface area contributed by atoms with Gasteiger partial charge in [-0.1, -0.05) is 30.3 Å². The van der Waals surface area contributed by atoms with Gasteiger partial charge in [-0.2, -0.15) is 5.10 Å². The molecule has 1 amide bonds. The highest BCUT2D eigenvalue weighted by Crippen LogP contribution is 2.24. The van der Waals surface area contributed by atoms with Crippen LogP contribution in [0.3, 0.4) is 0 Å². The molecule has 0 aliphatic rings. The summed E-state index contributed by atoms with van der Waals surface area (Å²) in [5.41, 5.74) is 2.04. The van der Waals surface area contributed by atoms with Gasteiger partial charge in [-0.3, -0.25) is 4.79 Å². The Morgan fingerprint density at radius 1 is 1.13 bits per heavy atom. The van der Waals surface area contributed by atoms with Gasteiger partial charge in [-0.15, -0.1) is 0 Å². The lowest BCUT2D eigenvalue weighted by molar-refractivity contribution is 0.102. The van der Waals surface area contributed by atoms with Gasteiger partial charge in [0, 0.05) is 6.20 Å². The summed E-state index contributed by atoms with van der Waals surface area (Å²) in [7, 11) is 0. The van der Waals surface area contributed by atoms with Crippen LogP contribution in [-0.4, -0.2) is 22.3 Å². The van der Waals surface area contributed by atoms with E-state index in [0.29, 0.717) is 23.6 Å². The third kappa shape index (κ3) is 3.40. The quantitative estimate of drug-likeness (QED) is 0.784. The Labute approximate surface area is 134 Å². The first-order valence-electron chi connectivity index (χ1n) is 7.41. The molecule has 1 N–H and O–H groups in total. The van der Waals surface area contributed by atoms with E-state index >= 15 is 0 Å². The lowest BCUT2D eigenvalue weighted by Crippen LogP contribution is -2.12. The highest BCUT2D eigenvalue weighted by Gasteiger charge is 2.12. The molecule has 1 heterocycles. The van der Waals surface area contributed by atoms with Crippen molar-refractivity contribution in [2.24, 2.45) is 0 Å². The monoisotopic (exact) mass is 307 g/mol. The predicted octanol–water partition coefficient (Wildman–Crippen LogP) is 3.52. The van der Waals surface area contributed by atoms with E-state index in [1.54, 1.807) is 17.1 Å². The molecule has 116 valence electrons. The molecule has 23 heavy (non-hydrogen) atoms. The van der Waals surface area contributed by atoms with E-state index in [9.17, 15) is 4.79 Å². The van der Waals surface area contributed by atoms with Crippen molar-refractivity contribution in [2.75, 3.05) is 11.9 Å². The third-order valence-corrected chi connectivity index (χ3v) is 3.30. The predicted molar refractivity (Wildman–Crippen MR) is 89.1 cm³/mol. The Bertz CT molecular complexity index is 797. The van der Waals surface area contributed by atoms with Crippen molar-refractivity contribution in [1.29, 1.82) is 0 Å². The van der Waals surface area contributed by atoms with Crippen molar-refractivity contribution in [2.45, 2.75) is 6.92 Å². The fourth-order valence-electron chi connectivity index (χ4n) is 2.21. The van der Waals surface area contributed by atoms with Crippen molar-refractivity contribution in [1.82, 2.24) is 9.78 Å². The van der Waals surface area contributed by atoms with Crippen molar-refractivity contribution in [3.05, 3.63) is 72.6 Å². The van der Waals surface area contributed by atoms with Crippen LogP contribution in [0.1, 0.15) is 17.3 Å². The fraction of sp³-hybridized carbons (Fsp3) is 0.111. The molecule has 1 aromatic heterocycles. The SMILES string of the molecule is CCOc1ccccc1NC(=O)c1cnn(-c2ccccc2)c1. The standard InChI is InChI=1S/C18H17N3O2/c1-2-23-17-11-7-6-10-16(17)20-18(22)14-12-19-21(13-14)15-8-4-3-5-9-15/h3-13H,2H2,1H3,(H,20,22). The zero-order valence-electron chi connectivity index (χ0n) is 12.8. The van der Waals surface area contributed by atoms with Crippen LogP contribution in [0.5, 0.6) is 5.75 Å². The molecule has 0 saturated carbocycles. The first kappa shape index (κ1) is 14.8. The Balaban J connectivity index is 1.78. The summed E-state index contributed by atoms with van der Waals surface area (Å²) in [5.74, 6) is 0.429. The number of ether oxygens (including phenoxy) is 1. The number of carbonyl (C=O) groups is 1. The molecule has 0 fully saturated rings. The largest absolute Gasteiger partial charge is 0.492 e. The van der Waals surface area contributed by atoms with Gasteiger partial charge >= 0.3 is 0 Å². The second-order valence-corrected chi connectivity index (χ2v) is 4.89. The molecule has 0 aliphatic carbocycles. The molecule has 2 aromatic carbocycles. The minimum Gasteiger partial charge on any atom is -0.492 e. The Hall–Kier alpha value is -3.08. The molecule has 0 spiro atoms. The average Bonchev–Trinajstić information content (AvgIpc) is 3.08. The summed E-state index contributed by atoms with van der Waals surface area (Å²) < 4.78 is 7.18. The fourth-order valence-corrected chi connectivity index (χ4v) is 2.21. The first-order valence-corrected chi connectivity index (χ1v) is 7.41. The third-order valence-electron chi connectivity index (χ3n) is 3.30. The molecule has 0 saturated heterocycles. The van der Waals surface area contributed by atoms with Crippen LogP contribution in [0.25, 0.3) is 5.69 Å². The molecule has 3 rings (SSSR count). The second kappa shape index (κ2) is 6.79. The lowest BCUT2D eigenvalue weighted by Gasteiger charge is -2.10. The van der Waals surface area contributed by atoms with Crippen molar-refractivity contribution >= 4 is 11.6 Å². The Morgan fingerprint density at radius 2 is 1.87 bits per heavy atom. The van der Waals surface area contributed by atoms with Crippen LogP contribution in [0.4, 0.5) is 5.69 Å². The van der Waals surface area contributed by atoms with Crippen LogP contribution >= 0.6 is 0 Å². The van der Waals surface area contributed by atoms with Crippen LogP contribution in [0.2, 0.25) is 0 Å². The molecule has 5 nitrogen and oxygen atoms in total. The van der Waals surface area contributed by atoms with E-state index < -0.39 is 0 Å². The van der Waals surface area contributed by atoms with Gasteiger partial charge in [0.25, 0.3) is 5.91 Å². The maximum absolute atomic E-state index is 12.4. The molecule has 0 bridgehead atoms. The number of nitrogens with zero attached hydrogens (tertiary/aromatic N) is 2. The minimum absolute atomic E-state index is 0.223. The maximum Gasteiger partial charge on any atom is 0.258 e. The number of anilines is 1. The van der Waals surface area contributed by atoms with Crippen molar-refractivity contribution < 1.29 is 9.53 Å². The molecule has 0 aliphatic heterocycles. The molecule has 3 aromatic rings. The summed E-state index contributed by atoms with van der Waals surface area (Å²) in [6.45, 7) is 2.45. The number of carbonyl (C=O) groups excluding carboxylic acids is 1. The van der Waals surface area contributed by atoms with Gasteiger partial charge in [0.05, 0.1) is 29.7 Å². The summed E-state index contributed by atoms with van der Waals surface area (Å²) in [5, 5.41) is 7.09. The van der Waals surface area contributed by atoms with E-state index in [2.05, 4.69) is 10.4 Å². The molecule has 0 atom stereocenters. The highest BCUT2D eigenvalue weighted by molar-refractivity contribution is 6.04. The van der Waals surface area contributed by atoms with Crippen molar-refractivity contribution in [3.8, 4) is 11.4 Å². The van der Waals surface area contributed by atoms with E-state index in [-0.39, 0.29) is 5.91 Å². The lowest BCUT2D eigenvalue weighted by atomic mass is 10.2. The van der Waals surface area contributed by atoms with E-state index in [1.807, 2.05) is 61.5 Å². The zero-order valence-corrected chi connectivity index (χ0v) is 12.8. The van der Waals surface area contributed by atoms with E-state index in [4.69, 9.17) is 4.74 Å². The number of para-hydroxylation sites is 3. The van der Waals surface area contributed by atoms with Crippen LogP contribution in [0, 0.1) is 0 Å². The smallest absolute Gasteiger partial charge is 0.258 e. The van der Waals surface area contributed by atoms with Gasteiger partial charge in [-0.25, -0.2) is 4.68 Å². The summed E-state index contributed by atoms with van der Waals surface area (Å²) in [4.78, 5) is 12.4. The highest BCUT2D eigenvalue weighted by atomic mass is 16.5. The van der Waals surface area contributed by atoms with Crippen LogP contribution in [-0.2, 0) is 0 Å². The number of hydrogen-bond acceptors (Lipinski definition) is 3. The summed E-state index contributed by atoms with van der Waals surface area (Å²) in [6, 6.07) is 17.0. The number of aromatic nitrogens is 2. The van der Waals surface area contributed by atoms with Gasteiger partial charge < -0.3 is 10.1 Å². The number of benzene rings is 2. The Morgan fingerprint density at radius 3 is 2.65 bits per heavy atom. The minimum atomic E-state index is -0.223. The molecule has 0 unspecified atom stereocenters. The van der Waals surface area contributed by atoms with E-state index in [0.717, 1.165) is 5.69 Å². The maximum atomic E-state index is 12.4. The van der Waals surface area contributed by atoms with Crippen LogP contribution < -0.4 is 10.1 Å². The topological polar surface area (TPSA) is 56.1 Å². The van der Waals surface area contributed by atoms with Gasteiger partial charge in [0.15, 0.2) is 0 Å². The second-order valence-electron chi connectivity index (χ2n) is 4.89. The number of nitrogens with one attached hydrogen (secondary N) is 1. The molecule has 0 radical (unpaired) electrons. The van der Waals surface area contributed by atoms with Gasteiger partial charge in [-0.05, 0) is 31.2 Å². The number of amides is 1. The zero-order chi connectivity index (χ0) is 16.1. The Kier molecular flexibility index (Phi) is 4.38. The van der Waals surface area contributed by atoms with Gasteiger partial charge in [0.2, 0.25) is 0 Å². The molecular formula is C18H17N3O2. The summed E-state index contributed by atoms with van der Waals surface area (Å²) in [6.07, 6.45) is 3.25. The number of rotatable bonds is 5. The molecular weight excluding hydrogens is 290 g/mol. The molecule has 5 heteroatoms. The first-order chi connectivity index (χ1) is 11.3. The van der Waals surface area contributed by atoms with E-state index in [1.165, 1.54) is 0 Å². The average molecular weight is 307 g/mol. The summed E-state index contributed by atoms with van der Waals surface area (Å²) >= 11 is 0. The normalized spacial score (nSPS) is 10.3. The van der Waals surface area contributed by atoms with Gasteiger partial charge in [0.1, 0.15) is 5.75 Å². The number of hydrogen-bond donors (Lipinski definition) is 1. The van der Waals surface area contributed by atoms with Crippen molar-refractivity contribution in [3.63, 3.8) is 0 Å².